The van der Waals surface area contributed by atoms with Crippen molar-refractivity contribution in [3.63, 3.8) is 0 Å². The molecule has 0 atom stereocenters. The van der Waals surface area contributed by atoms with Crippen LogP contribution in [0.4, 0.5) is 4.39 Å². The molecule has 0 fully saturated rings. The Morgan fingerprint density at radius 3 is 2.71 bits per heavy atom. The van der Waals surface area contributed by atoms with Gasteiger partial charge in [0.1, 0.15) is 15.7 Å². The van der Waals surface area contributed by atoms with E-state index in [9.17, 15) is 9.18 Å². The summed E-state index contributed by atoms with van der Waals surface area (Å²) in [6.45, 7) is 2.30. The lowest BCUT2D eigenvalue weighted by Gasteiger charge is -2.04. The number of amides is 1. The molecule has 3 rings (SSSR count). The van der Waals surface area contributed by atoms with Gasteiger partial charge in [0.05, 0.1) is 11.4 Å². The summed E-state index contributed by atoms with van der Waals surface area (Å²) < 4.78 is 12.9. The first-order valence-electron chi connectivity index (χ1n) is 7.55. The fourth-order valence-corrected chi connectivity index (χ4v) is 3.22. The summed E-state index contributed by atoms with van der Waals surface area (Å²) in [6.07, 6.45) is 2.35. The van der Waals surface area contributed by atoms with Gasteiger partial charge >= 0.3 is 0 Å². The van der Waals surface area contributed by atoms with Crippen molar-refractivity contribution in [2.24, 2.45) is 0 Å². The average molecular weight is 341 g/mol. The van der Waals surface area contributed by atoms with Gasteiger partial charge < -0.3 is 5.32 Å². The van der Waals surface area contributed by atoms with Crippen LogP contribution in [0.1, 0.15) is 20.9 Å². The Labute approximate surface area is 143 Å². The summed E-state index contributed by atoms with van der Waals surface area (Å²) in [4.78, 5) is 21.6. The molecule has 3 aromatic rings. The minimum absolute atomic E-state index is 0.144. The van der Waals surface area contributed by atoms with Crippen LogP contribution in [0.3, 0.4) is 0 Å². The molecule has 2 aromatic heterocycles. The van der Waals surface area contributed by atoms with E-state index >= 15 is 0 Å². The molecular formula is C18H16FN3OS. The number of carbonyl (C=O) groups excluding carboxylic acids is 1. The number of rotatable bonds is 5. The van der Waals surface area contributed by atoms with Gasteiger partial charge in [0.2, 0.25) is 0 Å². The van der Waals surface area contributed by atoms with E-state index < -0.39 is 0 Å². The molecule has 0 saturated carbocycles. The minimum atomic E-state index is -0.259. The van der Waals surface area contributed by atoms with Crippen molar-refractivity contribution >= 4 is 17.2 Å². The second kappa shape index (κ2) is 7.31. The van der Waals surface area contributed by atoms with Gasteiger partial charge in [-0.2, -0.15) is 0 Å². The molecule has 0 aliphatic rings. The van der Waals surface area contributed by atoms with Crippen molar-refractivity contribution in [3.8, 4) is 10.7 Å². The topological polar surface area (TPSA) is 54.9 Å². The monoisotopic (exact) mass is 341 g/mol. The van der Waals surface area contributed by atoms with Crippen molar-refractivity contribution in [1.29, 1.82) is 0 Å². The zero-order chi connectivity index (χ0) is 16.9. The van der Waals surface area contributed by atoms with Crippen LogP contribution in [0.15, 0.2) is 48.7 Å². The van der Waals surface area contributed by atoms with Crippen LogP contribution >= 0.6 is 11.3 Å². The molecule has 1 N–H and O–H groups in total. The highest BCUT2D eigenvalue weighted by atomic mass is 32.1. The smallest absolute Gasteiger partial charge is 0.263 e. The van der Waals surface area contributed by atoms with Crippen molar-refractivity contribution in [3.05, 3.63) is 70.6 Å². The van der Waals surface area contributed by atoms with Gasteiger partial charge in [0.15, 0.2) is 0 Å². The third-order valence-corrected chi connectivity index (χ3v) is 4.68. The number of carbonyl (C=O) groups is 1. The van der Waals surface area contributed by atoms with E-state index in [1.807, 2.05) is 25.1 Å². The van der Waals surface area contributed by atoms with Gasteiger partial charge in [-0.1, -0.05) is 18.2 Å². The normalized spacial score (nSPS) is 10.6. The Bertz CT molecular complexity index is 831. The number of aromatic nitrogens is 2. The zero-order valence-corrected chi connectivity index (χ0v) is 13.9. The van der Waals surface area contributed by atoms with Crippen LogP contribution in [0.2, 0.25) is 0 Å². The van der Waals surface area contributed by atoms with Crippen LogP contribution < -0.4 is 5.32 Å². The Balaban J connectivity index is 1.63. The number of aryl methyl sites for hydroxylation is 1. The standard InChI is InChI=1S/C18H16FN3OS/c1-12-16(24-18(22-12)15-4-2-3-10-20-15)17(23)21-11-9-13-5-7-14(19)8-6-13/h2-8,10H,9,11H2,1H3,(H,21,23). The summed E-state index contributed by atoms with van der Waals surface area (Å²) in [7, 11) is 0. The Hall–Kier alpha value is -2.60. The molecule has 1 aromatic carbocycles. The maximum Gasteiger partial charge on any atom is 0.263 e. The molecule has 2 heterocycles. The predicted molar refractivity (Wildman–Crippen MR) is 92.5 cm³/mol. The molecule has 24 heavy (non-hydrogen) atoms. The molecule has 0 bridgehead atoms. The van der Waals surface area contributed by atoms with E-state index in [1.165, 1.54) is 23.5 Å². The largest absolute Gasteiger partial charge is 0.351 e. The van der Waals surface area contributed by atoms with Gasteiger partial charge in [0.25, 0.3) is 5.91 Å². The molecule has 6 heteroatoms. The molecule has 122 valence electrons. The fourth-order valence-electron chi connectivity index (χ4n) is 2.26. The number of pyridine rings is 1. The van der Waals surface area contributed by atoms with Gasteiger partial charge in [-0.15, -0.1) is 11.3 Å². The first kappa shape index (κ1) is 16.3. The summed E-state index contributed by atoms with van der Waals surface area (Å²) in [5.41, 5.74) is 2.43. The lowest BCUT2D eigenvalue weighted by Crippen LogP contribution is -2.25. The second-order valence-corrected chi connectivity index (χ2v) is 6.28. The van der Waals surface area contributed by atoms with Crippen LogP contribution in [-0.2, 0) is 6.42 Å². The summed E-state index contributed by atoms with van der Waals surface area (Å²) in [5.74, 6) is -0.403. The van der Waals surface area contributed by atoms with Crippen molar-refractivity contribution in [2.45, 2.75) is 13.3 Å². The summed E-state index contributed by atoms with van der Waals surface area (Å²) >= 11 is 1.33. The predicted octanol–water partition coefficient (Wildman–Crippen LogP) is 3.63. The maximum atomic E-state index is 12.9. The Morgan fingerprint density at radius 1 is 1.21 bits per heavy atom. The fraction of sp³-hybridized carbons (Fsp3) is 0.167. The van der Waals surface area contributed by atoms with E-state index in [0.29, 0.717) is 23.5 Å². The van der Waals surface area contributed by atoms with Gasteiger partial charge in [-0.05, 0) is 43.2 Å². The molecule has 0 aliphatic carbocycles. The number of benzene rings is 1. The molecule has 0 saturated heterocycles. The van der Waals surface area contributed by atoms with Crippen molar-refractivity contribution in [1.82, 2.24) is 15.3 Å². The quantitative estimate of drug-likeness (QED) is 0.771. The minimum Gasteiger partial charge on any atom is -0.351 e. The van der Waals surface area contributed by atoms with E-state index in [0.717, 1.165) is 16.3 Å². The van der Waals surface area contributed by atoms with Crippen LogP contribution in [0.5, 0.6) is 0 Å². The highest BCUT2D eigenvalue weighted by Crippen LogP contribution is 2.26. The zero-order valence-electron chi connectivity index (χ0n) is 13.1. The van der Waals surface area contributed by atoms with E-state index in [-0.39, 0.29) is 11.7 Å². The van der Waals surface area contributed by atoms with Gasteiger partial charge in [0, 0.05) is 12.7 Å². The lowest BCUT2D eigenvalue weighted by atomic mass is 10.1. The van der Waals surface area contributed by atoms with Crippen LogP contribution in [0, 0.1) is 12.7 Å². The van der Waals surface area contributed by atoms with Crippen LogP contribution in [0.25, 0.3) is 10.7 Å². The van der Waals surface area contributed by atoms with E-state index in [4.69, 9.17) is 0 Å². The Morgan fingerprint density at radius 2 is 2.00 bits per heavy atom. The number of thiazole rings is 1. The number of hydrogen-bond donors (Lipinski definition) is 1. The number of nitrogens with one attached hydrogen (secondary N) is 1. The first-order chi connectivity index (χ1) is 11.6. The lowest BCUT2D eigenvalue weighted by molar-refractivity contribution is 0.0957. The highest BCUT2D eigenvalue weighted by Gasteiger charge is 2.16. The number of hydrogen-bond acceptors (Lipinski definition) is 4. The molecule has 0 radical (unpaired) electrons. The molecule has 0 spiro atoms. The third-order valence-electron chi connectivity index (χ3n) is 3.50. The van der Waals surface area contributed by atoms with Crippen molar-refractivity contribution in [2.75, 3.05) is 6.54 Å². The average Bonchev–Trinajstić information content (AvgIpc) is 2.99. The SMILES string of the molecule is Cc1nc(-c2ccccn2)sc1C(=O)NCCc1ccc(F)cc1. The number of nitrogens with zero attached hydrogens (tertiary/aromatic N) is 2. The molecule has 0 unspecified atom stereocenters. The van der Waals surface area contributed by atoms with Gasteiger partial charge in [-0.3, -0.25) is 9.78 Å². The van der Waals surface area contributed by atoms with E-state index in [2.05, 4.69) is 15.3 Å². The molecule has 1 amide bonds. The van der Waals surface area contributed by atoms with E-state index in [1.54, 1.807) is 18.3 Å². The molecule has 0 aliphatic heterocycles. The van der Waals surface area contributed by atoms with Crippen molar-refractivity contribution < 1.29 is 9.18 Å². The van der Waals surface area contributed by atoms with Gasteiger partial charge in [-0.25, -0.2) is 9.37 Å². The third kappa shape index (κ3) is 3.83. The maximum absolute atomic E-state index is 12.9. The Kier molecular flexibility index (Phi) is 4.96. The summed E-state index contributed by atoms with van der Waals surface area (Å²) in [6, 6.07) is 11.9. The molecular weight excluding hydrogens is 325 g/mol. The number of halogens is 1. The first-order valence-corrected chi connectivity index (χ1v) is 8.36. The molecule has 4 nitrogen and oxygen atoms in total. The van der Waals surface area contributed by atoms with Crippen LogP contribution in [-0.4, -0.2) is 22.4 Å². The summed E-state index contributed by atoms with van der Waals surface area (Å²) in [5, 5.41) is 3.62. The highest BCUT2D eigenvalue weighted by molar-refractivity contribution is 7.17. The second-order valence-electron chi connectivity index (χ2n) is 5.28.